The Morgan fingerprint density at radius 3 is 2.62 bits per heavy atom. The van der Waals surface area contributed by atoms with Crippen LogP contribution in [0.5, 0.6) is 11.5 Å². The minimum Gasteiger partial charge on any atom is -0.495 e. The van der Waals surface area contributed by atoms with Crippen LogP contribution in [0.4, 0.5) is 5.69 Å². The Morgan fingerprint density at radius 2 is 1.96 bits per heavy atom. The van der Waals surface area contributed by atoms with Crippen molar-refractivity contribution >= 4 is 29.1 Å². The lowest BCUT2D eigenvalue weighted by molar-refractivity contribution is -0.121. The van der Waals surface area contributed by atoms with E-state index >= 15 is 0 Å². The molecule has 1 atom stereocenters. The lowest BCUT2D eigenvalue weighted by Crippen LogP contribution is -2.49. The maximum Gasteiger partial charge on any atom is 0.238 e. The zero-order valence-corrected chi connectivity index (χ0v) is 16.2. The molecule has 0 aliphatic carbocycles. The molecule has 1 saturated heterocycles. The van der Waals surface area contributed by atoms with Gasteiger partial charge in [-0.15, -0.1) is 0 Å². The number of carbonyl (C=O) groups excluding carboxylic acids is 2. The fourth-order valence-electron chi connectivity index (χ4n) is 3.00. The molecule has 1 aliphatic rings. The van der Waals surface area contributed by atoms with E-state index in [2.05, 4.69) is 10.6 Å². The van der Waals surface area contributed by atoms with Gasteiger partial charge in [-0.25, -0.2) is 0 Å². The van der Waals surface area contributed by atoms with Gasteiger partial charge in [-0.2, -0.15) is 0 Å². The van der Waals surface area contributed by atoms with Crippen molar-refractivity contribution in [3.8, 4) is 11.5 Å². The van der Waals surface area contributed by atoms with E-state index in [1.54, 1.807) is 12.1 Å². The van der Waals surface area contributed by atoms with Crippen molar-refractivity contribution in [2.75, 3.05) is 39.2 Å². The Balaban J connectivity index is 1.97. The molecule has 0 radical (unpaired) electrons. The zero-order chi connectivity index (χ0) is 19.1. The molecule has 26 heavy (non-hydrogen) atoms. The Labute approximate surface area is 159 Å². The number of carbonyl (C=O) groups is 2. The number of halogens is 1. The molecule has 1 aliphatic heterocycles. The van der Waals surface area contributed by atoms with Crippen molar-refractivity contribution in [1.82, 2.24) is 10.2 Å². The summed E-state index contributed by atoms with van der Waals surface area (Å²) in [5.74, 6) is 0.813. The predicted octanol–water partition coefficient (Wildman–Crippen LogP) is 2.29. The number of hydrogen-bond donors (Lipinski definition) is 2. The highest BCUT2D eigenvalue weighted by molar-refractivity contribution is 6.32. The summed E-state index contributed by atoms with van der Waals surface area (Å²) >= 11 is 6.08. The van der Waals surface area contributed by atoms with Crippen LogP contribution < -0.4 is 20.1 Å². The van der Waals surface area contributed by atoms with Gasteiger partial charge in [0.25, 0.3) is 0 Å². The smallest absolute Gasteiger partial charge is 0.238 e. The van der Waals surface area contributed by atoms with Crippen LogP contribution in [0.25, 0.3) is 0 Å². The van der Waals surface area contributed by atoms with E-state index in [0.717, 1.165) is 19.4 Å². The van der Waals surface area contributed by atoms with Crippen LogP contribution in [0.2, 0.25) is 5.02 Å². The van der Waals surface area contributed by atoms with Crippen LogP contribution in [-0.4, -0.2) is 56.6 Å². The topological polar surface area (TPSA) is 79.9 Å². The fraction of sp³-hybridized carbons (Fsp3) is 0.556. The molecule has 1 fully saturated rings. The summed E-state index contributed by atoms with van der Waals surface area (Å²) < 4.78 is 10.5. The molecule has 2 amide bonds. The minimum atomic E-state index is -0.157. The third kappa shape index (κ3) is 5.51. The number of likely N-dealkylation sites (tertiary alicyclic amines) is 1. The predicted molar refractivity (Wildman–Crippen MR) is 101 cm³/mol. The molecule has 0 bridgehead atoms. The lowest BCUT2D eigenvalue weighted by Gasteiger charge is -2.32. The van der Waals surface area contributed by atoms with Crippen LogP contribution in [0.1, 0.15) is 26.2 Å². The van der Waals surface area contributed by atoms with Crippen molar-refractivity contribution in [2.45, 2.75) is 32.2 Å². The van der Waals surface area contributed by atoms with Crippen molar-refractivity contribution in [2.24, 2.45) is 0 Å². The van der Waals surface area contributed by atoms with Crippen LogP contribution in [0.3, 0.4) is 0 Å². The largest absolute Gasteiger partial charge is 0.495 e. The number of amides is 2. The summed E-state index contributed by atoms with van der Waals surface area (Å²) in [7, 11) is 3.02. The summed E-state index contributed by atoms with van der Waals surface area (Å²) in [6, 6.07) is 3.33. The summed E-state index contributed by atoms with van der Waals surface area (Å²) in [6.07, 6.45) is 2.35. The van der Waals surface area contributed by atoms with Gasteiger partial charge in [0, 0.05) is 31.1 Å². The highest BCUT2D eigenvalue weighted by Crippen LogP contribution is 2.35. The number of methoxy groups -OCH3 is 2. The van der Waals surface area contributed by atoms with Gasteiger partial charge in [-0.05, 0) is 19.4 Å². The van der Waals surface area contributed by atoms with Crippen molar-refractivity contribution in [3.05, 3.63) is 17.2 Å². The zero-order valence-electron chi connectivity index (χ0n) is 15.4. The highest BCUT2D eigenvalue weighted by atomic mass is 35.5. The second-order valence-electron chi connectivity index (χ2n) is 6.23. The van der Waals surface area contributed by atoms with Gasteiger partial charge in [0.1, 0.15) is 11.5 Å². The minimum absolute atomic E-state index is 0.0410. The molecule has 1 aromatic carbocycles. The molecule has 7 nitrogen and oxygen atoms in total. The molecule has 0 aromatic heterocycles. The van der Waals surface area contributed by atoms with Gasteiger partial charge in [-0.3, -0.25) is 14.5 Å². The summed E-state index contributed by atoms with van der Waals surface area (Å²) in [4.78, 5) is 26.1. The third-order valence-corrected chi connectivity index (χ3v) is 4.60. The number of hydrogen-bond acceptors (Lipinski definition) is 5. The molecule has 1 aromatic rings. The number of benzene rings is 1. The SMILES string of the molecule is CCC(=O)NC1CCCN(CC(=O)Nc2cc(OC)c(Cl)cc2OC)C1. The second-order valence-corrected chi connectivity index (χ2v) is 6.64. The Bertz CT molecular complexity index is 654. The van der Waals surface area contributed by atoms with E-state index in [4.69, 9.17) is 21.1 Å². The first-order valence-electron chi connectivity index (χ1n) is 8.69. The van der Waals surface area contributed by atoms with Gasteiger partial charge in [-0.1, -0.05) is 18.5 Å². The van der Waals surface area contributed by atoms with E-state index in [9.17, 15) is 9.59 Å². The fourth-order valence-corrected chi connectivity index (χ4v) is 3.23. The standard InChI is InChI=1S/C18H26ClN3O4/c1-4-17(23)20-12-6-5-7-22(10-12)11-18(24)21-14-9-15(25-2)13(19)8-16(14)26-3/h8-9,12H,4-7,10-11H2,1-3H3,(H,20,23)(H,21,24). The van der Waals surface area contributed by atoms with E-state index in [1.165, 1.54) is 14.2 Å². The number of piperidine rings is 1. The van der Waals surface area contributed by atoms with Crippen LogP contribution >= 0.6 is 11.6 Å². The molecule has 1 heterocycles. The van der Waals surface area contributed by atoms with Gasteiger partial charge >= 0.3 is 0 Å². The van der Waals surface area contributed by atoms with E-state index in [0.29, 0.717) is 35.2 Å². The van der Waals surface area contributed by atoms with E-state index < -0.39 is 0 Å². The number of nitrogens with zero attached hydrogens (tertiary/aromatic N) is 1. The summed E-state index contributed by atoms with van der Waals surface area (Å²) in [5, 5.41) is 6.25. The lowest BCUT2D eigenvalue weighted by atomic mass is 10.1. The Kier molecular flexibility index (Phi) is 7.53. The first-order chi connectivity index (χ1) is 12.5. The summed E-state index contributed by atoms with van der Waals surface area (Å²) in [6.45, 7) is 3.57. The normalized spacial score (nSPS) is 17.5. The molecular formula is C18H26ClN3O4. The number of rotatable bonds is 7. The quantitative estimate of drug-likeness (QED) is 0.755. The summed E-state index contributed by atoms with van der Waals surface area (Å²) in [5.41, 5.74) is 0.506. The highest BCUT2D eigenvalue weighted by Gasteiger charge is 2.23. The third-order valence-electron chi connectivity index (χ3n) is 4.31. The van der Waals surface area contributed by atoms with Crippen LogP contribution in [0.15, 0.2) is 12.1 Å². The molecule has 0 saturated carbocycles. The number of ether oxygens (including phenoxy) is 2. The number of anilines is 1. The maximum absolute atomic E-state index is 12.4. The van der Waals surface area contributed by atoms with Crippen molar-refractivity contribution in [1.29, 1.82) is 0 Å². The van der Waals surface area contributed by atoms with Crippen molar-refractivity contribution in [3.63, 3.8) is 0 Å². The average molecular weight is 384 g/mol. The average Bonchev–Trinajstić information content (AvgIpc) is 2.62. The monoisotopic (exact) mass is 383 g/mol. The second kappa shape index (κ2) is 9.64. The van der Waals surface area contributed by atoms with Gasteiger partial charge in [0.15, 0.2) is 0 Å². The number of nitrogens with one attached hydrogen (secondary N) is 2. The van der Waals surface area contributed by atoms with Crippen LogP contribution in [-0.2, 0) is 9.59 Å². The van der Waals surface area contributed by atoms with Crippen LogP contribution in [0, 0.1) is 0 Å². The maximum atomic E-state index is 12.4. The molecule has 1 unspecified atom stereocenters. The Morgan fingerprint density at radius 1 is 1.23 bits per heavy atom. The van der Waals surface area contributed by atoms with Gasteiger partial charge in [0.05, 0.1) is 31.5 Å². The molecule has 8 heteroatoms. The first-order valence-corrected chi connectivity index (χ1v) is 9.07. The van der Waals surface area contributed by atoms with E-state index in [1.807, 2.05) is 11.8 Å². The molecule has 144 valence electrons. The van der Waals surface area contributed by atoms with Crippen molar-refractivity contribution < 1.29 is 19.1 Å². The molecular weight excluding hydrogens is 358 g/mol. The van der Waals surface area contributed by atoms with Gasteiger partial charge in [0.2, 0.25) is 11.8 Å². The van der Waals surface area contributed by atoms with Gasteiger partial charge < -0.3 is 20.1 Å². The Hall–Kier alpha value is -1.99. The molecule has 2 N–H and O–H groups in total. The van der Waals surface area contributed by atoms with E-state index in [-0.39, 0.29) is 24.4 Å². The first kappa shape index (κ1) is 20.3. The molecule has 0 spiro atoms. The molecule has 2 rings (SSSR count).